The van der Waals surface area contributed by atoms with Crippen LogP contribution in [0, 0.1) is 0 Å². The minimum Gasteiger partial charge on any atom is -0.485 e. The molecule has 1 N–H and O–H groups in total. The summed E-state index contributed by atoms with van der Waals surface area (Å²) in [4.78, 5) is 21.1. The van der Waals surface area contributed by atoms with Crippen molar-refractivity contribution >= 4 is 11.7 Å². The highest BCUT2D eigenvalue weighted by Gasteiger charge is 2.29. The van der Waals surface area contributed by atoms with E-state index < -0.39 is 0 Å². The molecular weight excluding hydrogens is 318 g/mol. The second-order valence-electron chi connectivity index (χ2n) is 6.65. The van der Waals surface area contributed by atoms with E-state index in [2.05, 4.69) is 20.1 Å². The Morgan fingerprint density at radius 1 is 1.24 bits per heavy atom. The average Bonchev–Trinajstić information content (AvgIpc) is 3.38. The predicted molar refractivity (Wildman–Crippen MR) is 93.6 cm³/mol. The van der Waals surface area contributed by atoms with E-state index in [0.29, 0.717) is 13.0 Å². The third kappa shape index (κ3) is 3.60. The standard InChI is InChI=1S/C18H23N5O2/c24-17(12-14-5-8-20-21-14)23-11-6-15(13-23)25-16-4-3-7-19-18(16)22-9-1-2-10-22/h3-5,7-8,15H,1-2,6,9-13H2,(H,20,21). The van der Waals surface area contributed by atoms with E-state index in [-0.39, 0.29) is 12.0 Å². The van der Waals surface area contributed by atoms with Gasteiger partial charge in [0.15, 0.2) is 11.6 Å². The number of aromatic nitrogens is 3. The van der Waals surface area contributed by atoms with E-state index >= 15 is 0 Å². The van der Waals surface area contributed by atoms with Crippen LogP contribution in [0.2, 0.25) is 0 Å². The third-order valence-electron chi connectivity index (χ3n) is 4.85. The Morgan fingerprint density at radius 3 is 2.92 bits per heavy atom. The monoisotopic (exact) mass is 341 g/mol. The van der Waals surface area contributed by atoms with Gasteiger partial charge in [0.05, 0.1) is 13.0 Å². The molecule has 1 atom stereocenters. The molecule has 4 rings (SSSR count). The topological polar surface area (TPSA) is 74.3 Å². The molecule has 2 fully saturated rings. The zero-order valence-electron chi connectivity index (χ0n) is 14.2. The first-order valence-corrected chi connectivity index (χ1v) is 8.92. The Bertz CT molecular complexity index is 712. The van der Waals surface area contributed by atoms with Crippen LogP contribution in [0.15, 0.2) is 30.6 Å². The van der Waals surface area contributed by atoms with E-state index in [9.17, 15) is 4.79 Å². The first-order chi connectivity index (χ1) is 12.3. The number of nitrogens with zero attached hydrogens (tertiary/aromatic N) is 4. The smallest absolute Gasteiger partial charge is 0.228 e. The highest BCUT2D eigenvalue weighted by atomic mass is 16.5. The first-order valence-electron chi connectivity index (χ1n) is 8.92. The second-order valence-corrected chi connectivity index (χ2v) is 6.65. The summed E-state index contributed by atoms with van der Waals surface area (Å²) >= 11 is 0. The minimum atomic E-state index is 0.0243. The van der Waals surface area contributed by atoms with Gasteiger partial charge in [0.25, 0.3) is 0 Å². The van der Waals surface area contributed by atoms with Gasteiger partial charge in [0.1, 0.15) is 6.10 Å². The van der Waals surface area contributed by atoms with Crippen LogP contribution in [0.1, 0.15) is 25.0 Å². The van der Waals surface area contributed by atoms with E-state index in [1.54, 1.807) is 6.20 Å². The molecule has 4 heterocycles. The van der Waals surface area contributed by atoms with Gasteiger partial charge in [0.2, 0.25) is 5.91 Å². The minimum absolute atomic E-state index is 0.0243. The Kier molecular flexibility index (Phi) is 4.54. The van der Waals surface area contributed by atoms with Crippen molar-refractivity contribution in [1.29, 1.82) is 0 Å². The zero-order valence-corrected chi connectivity index (χ0v) is 14.2. The molecule has 2 aliphatic rings. The van der Waals surface area contributed by atoms with E-state index in [4.69, 9.17) is 4.74 Å². The summed E-state index contributed by atoms with van der Waals surface area (Å²) in [5, 5.41) is 6.73. The van der Waals surface area contributed by atoms with Crippen LogP contribution < -0.4 is 9.64 Å². The van der Waals surface area contributed by atoms with Gasteiger partial charge in [-0.1, -0.05) is 0 Å². The summed E-state index contributed by atoms with van der Waals surface area (Å²) in [5.41, 5.74) is 0.845. The van der Waals surface area contributed by atoms with E-state index in [0.717, 1.165) is 43.3 Å². The quantitative estimate of drug-likeness (QED) is 0.895. The van der Waals surface area contributed by atoms with Gasteiger partial charge >= 0.3 is 0 Å². The number of anilines is 1. The molecule has 2 aromatic heterocycles. The molecule has 2 aromatic rings. The van der Waals surface area contributed by atoms with Crippen LogP contribution in [0.4, 0.5) is 5.82 Å². The molecule has 25 heavy (non-hydrogen) atoms. The largest absolute Gasteiger partial charge is 0.485 e. The van der Waals surface area contributed by atoms with Gasteiger partial charge in [0, 0.05) is 44.1 Å². The highest BCUT2D eigenvalue weighted by molar-refractivity contribution is 5.78. The normalized spacial score (nSPS) is 20.2. The van der Waals surface area contributed by atoms with Gasteiger partial charge in [-0.2, -0.15) is 5.10 Å². The number of amides is 1. The molecule has 0 spiro atoms. The van der Waals surface area contributed by atoms with Crippen LogP contribution in [0.5, 0.6) is 5.75 Å². The van der Waals surface area contributed by atoms with Gasteiger partial charge in [-0.25, -0.2) is 4.98 Å². The fourth-order valence-corrected chi connectivity index (χ4v) is 3.53. The maximum atomic E-state index is 12.4. The zero-order chi connectivity index (χ0) is 17.1. The second kappa shape index (κ2) is 7.13. The van der Waals surface area contributed by atoms with E-state index in [1.807, 2.05) is 29.3 Å². The van der Waals surface area contributed by atoms with Crippen molar-refractivity contribution in [1.82, 2.24) is 20.1 Å². The molecule has 0 aliphatic carbocycles. The molecule has 0 saturated carbocycles. The molecule has 132 valence electrons. The van der Waals surface area contributed by atoms with Crippen molar-refractivity contribution < 1.29 is 9.53 Å². The first kappa shape index (κ1) is 15.9. The van der Waals surface area contributed by atoms with E-state index in [1.165, 1.54) is 12.8 Å². The van der Waals surface area contributed by atoms with Crippen molar-refractivity contribution in [2.75, 3.05) is 31.1 Å². The summed E-state index contributed by atoms with van der Waals surface area (Å²) in [6, 6.07) is 5.72. The predicted octanol–water partition coefficient (Wildman–Crippen LogP) is 1.63. The lowest BCUT2D eigenvalue weighted by Crippen LogP contribution is -2.32. The Labute approximate surface area is 147 Å². The number of H-pyrrole nitrogens is 1. The van der Waals surface area contributed by atoms with Crippen LogP contribution >= 0.6 is 0 Å². The van der Waals surface area contributed by atoms with Crippen LogP contribution in [0.25, 0.3) is 0 Å². The number of pyridine rings is 1. The van der Waals surface area contributed by atoms with Gasteiger partial charge < -0.3 is 14.5 Å². The number of carbonyl (C=O) groups is 1. The summed E-state index contributed by atoms with van der Waals surface area (Å²) in [6.07, 6.45) is 7.12. The van der Waals surface area contributed by atoms with Crippen molar-refractivity contribution in [3.63, 3.8) is 0 Å². The molecule has 2 saturated heterocycles. The highest BCUT2D eigenvalue weighted by Crippen LogP contribution is 2.30. The number of ether oxygens (including phenoxy) is 1. The molecule has 7 nitrogen and oxygen atoms in total. The SMILES string of the molecule is O=C(Cc1ccn[nH]1)N1CCC(Oc2cccnc2N2CCCC2)C1. The average molecular weight is 341 g/mol. The summed E-state index contributed by atoms with van der Waals surface area (Å²) in [6.45, 7) is 3.43. The van der Waals surface area contributed by atoms with Crippen LogP contribution in [-0.4, -0.2) is 58.3 Å². The maximum absolute atomic E-state index is 12.4. The fourth-order valence-electron chi connectivity index (χ4n) is 3.53. The lowest BCUT2D eigenvalue weighted by Gasteiger charge is -2.22. The Balaban J connectivity index is 1.37. The Hall–Kier alpha value is -2.57. The van der Waals surface area contributed by atoms with Gasteiger partial charge in [-0.3, -0.25) is 9.89 Å². The molecular formula is C18H23N5O2. The van der Waals surface area contributed by atoms with Crippen molar-refractivity contribution in [3.8, 4) is 5.75 Å². The van der Waals surface area contributed by atoms with Crippen molar-refractivity contribution in [2.45, 2.75) is 31.8 Å². The third-order valence-corrected chi connectivity index (χ3v) is 4.85. The number of likely N-dealkylation sites (tertiary alicyclic amines) is 1. The van der Waals surface area contributed by atoms with Crippen LogP contribution in [0.3, 0.4) is 0 Å². The summed E-state index contributed by atoms with van der Waals surface area (Å²) in [5.74, 6) is 1.88. The molecule has 0 radical (unpaired) electrons. The number of carbonyl (C=O) groups excluding carboxylic acids is 1. The molecule has 0 bridgehead atoms. The summed E-state index contributed by atoms with van der Waals surface area (Å²) < 4.78 is 6.22. The molecule has 0 aromatic carbocycles. The Morgan fingerprint density at radius 2 is 2.12 bits per heavy atom. The molecule has 1 unspecified atom stereocenters. The van der Waals surface area contributed by atoms with Crippen LogP contribution in [-0.2, 0) is 11.2 Å². The number of aromatic amines is 1. The summed E-state index contributed by atoms with van der Waals surface area (Å²) in [7, 11) is 0. The van der Waals surface area contributed by atoms with Gasteiger partial charge in [-0.15, -0.1) is 0 Å². The van der Waals surface area contributed by atoms with Crippen molar-refractivity contribution in [3.05, 3.63) is 36.3 Å². The maximum Gasteiger partial charge on any atom is 0.228 e. The number of rotatable bonds is 5. The number of nitrogens with one attached hydrogen (secondary N) is 1. The molecule has 2 aliphatic heterocycles. The lowest BCUT2D eigenvalue weighted by molar-refractivity contribution is -0.129. The lowest BCUT2D eigenvalue weighted by atomic mass is 10.3. The molecule has 7 heteroatoms. The number of hydrogen-bond donors (Lipinski definition) is 1. The van der Waals surface area contributed by atoms with Crippen molar-refractivity contribution in [2.24, 2.45) is 0 Å². The molecule has 1 amide bonds. The fraction of sp³-hybridized carbons (Fsp3) is 0.500. The van der Waals surface area contributed by atoms with Gasteiger partial charge in [-0.05, 0) is 31.0 Å². The number of hydrogen-bond acceptors (Lipinski definition) is 5.